The van der Waals surface area contributed by atoms with Gasteiger partial charge in [-0.15, -0.1) is 0 Å². The van der Waals surface area contributed by atoms with Gasteiger partial charge in [0.2, 0.25) is 5.91 Å². The average Bonchev–Trinajstić information content (AvgIpc) is 2.26. The molecule has 0 spiro atoms. The summed E-state index contributed by atoms with van der Waals surface area (Å²) >= 11 is 0. The van der Waals surface area contributed by atoms with E-state index >= 15 is 0 Å². The highest BCUT2D eigenvalue weighted by Gasteiger charge is 2.28. The smallest absolute Gasteiger partial charge is 0.220 e. The Morgan fingerprint density at radius 3 is 2.33 bits per heavy atom. The zero-order chi connectivity index (χ0) is 11.9. The molecule has 1 atom stereocenters. The van der Waals surface area contributed by atoms with Gasteiger partial charge in [-0.05, 0) is 18.9 Å². The van der Waals surface area contributed by atoms with Gasteiger partial charge in [0, 0.05) is 6.42 Å². The van der Waals surface area contributed by atoms with Crippen molar-refractivity contribution in [1.82, 2.24) is 5.32 Å². The van der Waals surface area contributed by atoms with Crippen LogP contribution in [0, 0.1) is 5.92 Å². The van der Waals surface area contributed by atoms with Crippen molar-refractivity contribution in [3.8, 4) is 0 Å². The molecule has 0 aliphatic carbocycles. The summed E-state index contributed by atoms with van der Waals surface area (Å²) in [6.07, 6.45) is 0.807. The Bertz CT molecular complexity index is 185. The van der Waals surface area contributed by atoms with Crippen LogP contribution in [0.3, 0.4) is 0 Å². The summed E-state index contributed by atoms with van der Waals surface area (Å²) < 4.78 is 0. The molecule has 15 heavy (non-hydrogen) atoms. The van der Waals surface area contributed by atoms with Gasteiger partial charge in [-0.25, -0.2) is 0 Å². The van der Waals surface area contributed by atoms with Gasteiger partial charge in [0.1, 0.15) is 0 Å². The van der Waals surface area contributed by atoms with Crippen LogP contribution in [0.4, 0.5) is 0 Å². The Morgan fingerprint density at radius 2 is 2.00 bits per heavy atom. The number of amides is 1. The Labute approximate surface area is 90.7 Å². The number of aliphatic hydroxyl groups is 2. The Morgan fingerprint density at radius 1 is 1.47 bits per heavy atom. The fourth-order valence-corrected chi connectivity index (χ4v) is 1.19. The SMILES string of the molecule is CCC(CO)(CO)NC(=O)CC(C)CN. The van der Waals surface area contributed by atoms with Crippen molar-refractivity contribution in [2.75, 3.05) is 19.8 Å². The second-order valence-electron chi connectivity index (χ2n) is 4.04. The number of rotatable bonds is 7. The van der Waals surface area contributed by atoms with E-state index in [4.69, 9.17) is 15.9 Å². The van der Waals surface area contributed by atoms with Crippen LogP contribution < -0.4 is 11.1 Å². The lowest BCUT2D eigenvalue weighted by Crippen LogP contribution is -2.54. The number of aliphatic hydroxyl groups excluding tert-OH is 2. The summed E-state index contributed by atoms with van der Waals surface area (Å²) in [5, 5.41) is 20.9. The Balaban J connectivity index is 4.23. The maximum atomic E-state index is 11.5. The van der Waals surface area contributed by atoms with Gasteiger partial charge in [0.15, 0.2) is 0 Å². The average molecular weight is 218 g/mol. The molecule has 0 bridgehead atoms. The quantitative estimate of drug-likeness (QED) is 0.451. The van der Waals surface area contributed by atoms with E-state index in [-0.39, 0.29) is 25.0 Å². The molecule has 0 rings (SSSR count). The first-order valence-electron chi connectivity index (χ1n) is 5.26. The topological polar surface area (TPSA) is 95.6 Å². The lowest BCUT2D eigenvalue weighted by molar-refractivity contribution is -0.125. The highest BCUT2D eigenvalue weighted by Crippen LogP contribution is 2.09. The normalized spacial score (nSPS) is 13.7. The monoisotopic (exact) mass is 218 g/mol. The molecule has 0 radical (unpaired) electrons. The van der Waals surface area contributed by atoms with E-state index in [0.717, 1.165) is 0 Å². The fraction of sp³-hybridized carbons (Fsp3) is 0.900. The molecule has 5 N–H and O–H groups in total. The van der Waals surface area contributed by atoms with Crippen LogP contribution in [0.5, 0.6) is 0 Å². The lowest BCUT2D eigenvalue weighted by Gasteiger charge is -2.30. The molecule has 0 fully saturated rings. The first-order chi connectivity index (χ1) is 7.03. The van der Waals surface area contributed by atoms with Gasteiger partial charge in [-0.2, -0.15) is 0 Å². The summed E-state index contributed by atoms with van der Waals surface area (Å²) in [6.45, 7) is 3.61. The Hall–Kier alpha value is -0.650. The third kappa shape index (κ3) is 4.59. The molecule has 0 aromatic carbocycles. The van der Waals surface area contributed by atoms with Crippen molar-refractivity contribution in [2.24, 2.45) is 11.7 Å². The van der Waals surface area contributed by atoms with Crippen LogP contribution in [0.2, 0.25) is 0 Å². The molecule has 0 saturated heterocycles. The zero-order valence-corrected chi connectivity index (χ0v) is 9.49. The maximum absolute atomic E-state index is 11.5. The number of carbonyl (C=O) groups excluding carboxylic acids is 1. The molecule has 5 heteroatoms. The van der Waals surface area contributed by atoms with E-state index in [1.54, 1.807) is 6.92 Å². The molecule has 1 unspecified atom stereocenters. The fourth-order valence-electron chi connectivity index (χ4n) is 1.19. The molecule has 0 aliphatic heterocycles. The van der Waals surface area contributed by atoms with Crippen molar-refractivity contribution in [3.05, 3.63) is 0 Å². The molecule has 1 amide bonds. The number of carbonyl (C=O) groups is 1. The van der Waals surface area contributed by atoms with Crippen LogP contribution >= 0.6 is 0 Å². The summed E-state index contributed by atoms with van der Waals surface area (Å²) in [6, 6.07) is 0. The van der Waals surface area contributed by atoms with Gasteiger partial charge in [0.25, 0.3) is 0 Å². The lowest BCUT2D eigenvalue weighted by atomic mass is 9.97. The molecular formula is C10H22N2O3. The predicted molar refractivity (Wildman–Crippen MR) is 58.2 cm³/mol. The van der Waals surface area contributed by atoms with Crippen LogP contribution in [0.1, 0.15) is 26.7 Å². The van der Waals surface area contributed by atoms with Crippen LogP contribution in [0.25, 0.3) is 0 Å². The van der Waals surface area contributed by atoms with Gasteiger partial charge < -0.3 is 21.3 Å². The van der Waals surface area contributed by atoms with Gasteiger partial charge in [-0.1, -0.05) is 13.8 Å². The largest absolute Gasteiger partial charge is 0.394 e. The predicted octanol–water partition coefficient (Wildman–Crippen LogP) is -0.779. The molecule has 0 aromatic heterocycles. The van der Waals surface area contributed by atoms with Gasteiger partial charge in [-0.3, -0.25) is 4.79 Å². The van der Waals surface area contributed by atoms with Crippen molar-refractivity contribution >= 4 is 5.91 Å². The first kappa shape index (κ1) is 14.3. The van der Waals surface area contributed by atoms with Crippen LogP contribution in [0.15, 0.2) is 0 Å². The second-order valence-corrected chi connectivity index (χ2v) is 4.04. The van der Waals surface area contributed by atoms with Crippen molar-refractivity contribution < 1.29 is 15.0 Å². The summed E-state index contributed by atoms with van der Waals surface area (Å²) in [4.78, 5) is 11.5. The first-order valence-corrected chi connectivity index (χ1v) is 5.26. The van der Waals surface area contributed by atoms with Crippen molar-refractivity contribution in [3.63, 3.8) is 0 Å². The molecule has 0 aromatic rings. The zero-order valence-electron chi connectivity index (χ0n) is 9.49. The molecular weight excluding hydrogens is 196 g/mol. The number of hydrogen-bond donors (Lipinski definition) is 4. The van der Waals surface area contributed by atoms with Gasteiger partial charge >= 0.3 is 0 Å². The second kappa shape index (κ2) is 6.76. The van der Waals surface area contributed by atoms with Crippen molar-refractivity contribution in [1.29, 1.82) is 0 Å². The van der Waals surface area contributed by atoms with E-state index in [1.807, 2.05) is 6.92 Å². The number of nitrogens with two attached hydrogens (primary N) is 1. The van der Waals surface area contributed by atoms with Crippen LogP contribution in [-0.2, 0) is 4.79 Å². The molecule has 5 nitrogen and oxygen atoms in total. The Kier molecular flexibility index (Phi) is 6.47. The minimum Gasteiger partial charge on any atom is -0.394 e. The molecule has 0 heterocycles. The molecule has 90 valence electrons. The third-order valence-electron chi connectivity index (χ3n) is 2.62. The van der Waals surface area contributed by atoms with E-state index in [2.05, 4.69) is 5.32 Å². The van der Waals surface area contributed by atoms with Gasteiger partial charge in [0.05, 0.1) is 18.8 Å². The number of hydrogen-bond acceptors (Lipinski definition) is 4. The van der Waals surface area contributed by atoms with E-state index in [9.17, 15) is 4.79 Å². The minimum atomic E-state index is -0.897. The van der Waals surface area contributed by atoms with E-state index in [0.29, 0.717) is 19.4 Å². The van der Waals surface area contributed by atoms with E-state index < -0.39 is 5.54 Å². The maximum Gasteiger partial charge on any atom is 0.220 e. The molecule has 0 saturated carbocycles. The van der Waals surface area contributed by atoms with E-state index in [1.165, 1.54) is 0 Å². The summed E-state index contributed by atoms with van der Waals surface area (Å²) in [5.41, 5.74) is 4.51. The van der Waals surface area contributed by atoms with Crippen LogP contribution in [-0.4, -0.2) is 41.4 Å². The highest BCUT2D eigenvalue weighted by atomic mass is 16.3. The standard InChI is InChI=1S/C10H22N2O3/c1-3-10(6-13,7-14)12-9(15)4-8(2)5-11/h8,13-14H,3-7,11H2,1-2H3,(H,12,15). The summed E-state index contributed by atoms with van der Waals surface area (Å²) in [5.74, 6) is -0.0742. The summed E-state index contributed by atoms with van der Waals surface area (Å²) in [7, 11) is 0. The third-order valence-corrected chi connectivity index (χ3v) is 2.62. The number of nitrogens with one attached hydrogen (secondary N) is 1. The molecule has 0 aliphatic rings. The minimum absolute atomic E-state index is 0.108. The van der Waals surface area contributed by atoms with Crippen molar-refractivity contribution in [2.45, 2.75) is 32.2 Å². The highest BCUT2D eigenvalue weighted by molar-refractivity contribution is 5.77.